The highest BCUT2D eigenvalue weighted by Gasteiger charge is 2.23. The Morgan fingerprint density at radius 1 is 1.27 bits per heavy atom. The fourth-order valence-electron chi connectivity index (χ4n) is 2.90. The molecule has 3 rings (SSSR count). The molecule has 1 aliphatic heterocycles. The average molecular weight is 299 g/mol. The molecule has 0 spiro atoms. The van der Waals surface area contributed by atoms with E-state index in [0.717, 1.165) is 37.6 Å². The number of H-pyrrole nitrogens is 1. The summed E-state index contributed by atoms with van der Waals surface area (Å²) in [5.74, 6) is 0.946. The number of hydrogen-bond acceptors (Lipinski definition) is 4. The van der Waals surface area contributed by atoms with Crippen LogP contribution < -0.4 is 0 Å². The number of hydrogen-bond donors (Lipinski definition) is 1. The highest BCUT2D eigenvalue weighted by atomic mass is 15.2. The van der Waals surface area contributed by atoms with Gasteiger partial charge in [-0.05, 0) is 13.8 Å². The van der Waals surface area contributed by atoms with Gasteiger partial charge in [-0.1, -0.05) is 20.8 Å². The second-order valence-corrected chi connectivity index (χ2v) is 7.29. The minimum Gasteiger partial charge on any atom is -0.294 e. The van der Waals surface area contributed by atoms with Crippen LogP contribution in [-0.4, -0.2) is 31.6 Å². The maximum Gasteiger partial charge on any atom is 0.133 e. The largest absolute Gasteiger partial charge is 0.294 e. The van der Waals surface area contributed by atoms with Crippen molar-refractivity contribution < 1.29 is 0 Å². The van der Waals surface area contributed by atoms with Crippen molar-refractivity contribution >= 4 is 0 Å². The Bertz CT molecular complexity index is 661. The first-order chi connectivity index (χ1) is 10.3. The van der Waals surface area contributed by atoms with E-state index in [-0.39, 0.29) is 5.41 Å². The SMILES string of the molecule is Cc1n[nH]c(C)c1CN1CCc2nc(C(C)(C)C)ncc2C1. The Labute approximate surface area is 132 Å². The third kappa shape index (κ3) is 2.90. The van der Waals surface area contributed by atoms with Crippen molar-refractivity contribution in [3.05, 3.63) is 40.2 Å². The molecule has 0 atom stereocenters. The molecule has 3 heterocycles. The summed E-state index contributed by atoms with van der Waals surface area (Å²) < 4.78 is 0. The second kappa shape index (κ2) is 5.47. The van der Waals surface area contributed by atoms with Gasteiger partial charge in [0.05, 0.1) is 5.69 Å². The van der Waals surface area contributed by atoms with Gasteiger partial charge in [0.1, 0.15) is 5.82 Å². The molecule has 5 heteroatoms. The smallest absolute Gasteiger partial charge is 0.133 e. The maximum absolute atomic E-state index is 4.79. The standard InChI is InChI=1S/C17H25N5/c1-11-14(12(2)21-20-11)10-22-7-6-15-13(9-22)8-18-16(19-15)17(3,4)5/h8H,6-7,9-10H2,1-5H3,(H,20,21). The highest BCUT2D eigenvalue weighted by molar-refractivity contribution is 5.25. The Kier molecular flexibility index (Phi) is 3.77. The fourth-order valence-corrected chi connectivity index (χ4v) is 2.90. The molecule has 0 saturated heterocycles. The van der Waals surface area contributed by atoms with Crippen LogP contribution in [0.25, 0.3) is 0 Å². The average Bonchev–Trinajstić information content (AvgIpc) is 2.77. The molecule has 0 saturated carbocycles. The third-order valence-corrected chi connectivity index (χ3v) is 4.35. The first kappa shape index (κ1) is 15.2. The van der Waals surface area contributed by atoms with E-state index in [9.17, 15) is 0 Å². The number of nitrogens with zero attached hydrogens (tertiary/aromatic N) is 4. The second-order valence-electron chi connectivity index (χ2n) is 7.29. The monoisotopic (exact) mass is 299 g/mol. The molecule has 0 aliphatic carbocycles. The van der Waals surface area contributed by atoms with Gasteiger partial charge in [-0.25, -0.2) is 9.97 Å². The molecule has 0 aromatic carbocycles. The quantitative estimate of drug-likeness (QED) is 0.926. The number of rotatable bonds is 2. The van der Waals surface area contributed by atoms with Crippen LogP contribution in [0.3, 0.4) is 0 Å². The lowest BCUT2D eigenvalue weighted by Gasteiger charge is -2.29. The number of fused-ring (bicyclic) bond motifs is 1. The normalized spacial score (nSPS) is 15.9. The van der Waals surface area contributed by atoms with E-state index in [4.69, 9.17) is 4.98 Å². The van der Waals surface area contributed by atoms with Crippen molar-refractivity contribution in [3.8, 4) is 0 Å². The van der Waals surface area contributed by atoms with Crippen LogP contribution in [0.5, 0.6) is 0 Å². The molecule has 2 aromatic rings. The van der Waals surface area contributed by atoms with Crippen LogP contribution >= 0.6 is 0 Å². The highest BCUT2D eigenvalue weighted by Crippen LogP contribution is 2.24. The Morgan fingerprint density at radius 3 is 2.68 bits per heavy atom. The lowest BCUT2D eigenvalue weighted by atomic mass is 9.95. The summed E-state index contributed by atoms with van der Waals surface area (Å²) in [6.07, 6.45) is 3.01. The van der Waals surface area contributed by atoms with Crippen molar-refractivity contribution in [2.45, 2.75) is 59.5 Å². The molecule has 118 valence electrons. The lowest BCUT2D eigenvalue weighted by Crippen LogP contribution is -2.32. The van der Waals surface area contributed by atoms with Gasteiger partial charge in [0.15, 0.2) is 0 Å². The summed E-state index contributed by atoms with van der Waals surface area (Å²) in [5, 5.41) is 7.36. The van der Waals surface area contributed by atoms with Crippen LogP contribution in [-0.2, 0) is 24.9 Å². The molecule has 0 unspecified atom stereocenters. The van der Waals surface area contributed by atoms with E-state index >= 15 is 0 Å². The van der Waals surface area contributed by atoms with Crippen LogP contribution in [0.4, 0.5) is 0 Å². The molecule has 1 aliphatic rings. The van der Waals surface area contributed by atoms with E-state index in [1.807, 2.05) is 6.20 Å². The topological polar surface area (TPSA) is 57.7 Å². The van der Waals surface area contributed by atoms with Gasteiger partial charge in [0.2, 0.25) is 0 Å². The van der Waals surface area contributed by atoms with Gasteiger partial charge in [-0.2, -0.15) is 5.10 Å². The van der Waals surface area contributed by atoms with Crippen LogP contribution in [0.15, 0.2) is 6.20 Å². The zero-order valence-corrected chi connectivity index (χ0v) is 14.2. The first-order valence-electron chi connectivity index (χ1n) is 7.92. The Balaban J connectivity index is 1.77. The van der Waals surface area contributed by atoms with Gasteiger partial charge in [-0.3, -0.25) is 10.00 Å². The minimum atomic E-state index is 0.0111. The van der Waals surface area contributed by atoms with Crippen LogP contribution in [0.1, 0.15) is 54.8 Å². The zero-order valence-electron chi connectivity index (χ0n) is 14.2. The summed E-state index contributed by atoms with van der Waals surface area (Å²) in [6.45, 7) is 13.5. The summed E-state index contributed by atoms with van der Waals surface area (Å²) in [5.41, 5.74) is 6.08. The molecular formula is C17H25N5. The molecule has 1 N–H and O–H groups in total. The summed E-state index contributed by atoms with van der Waals surface area (Å²) >= 11 is 0. The predicted octanol–water partition coefficient (Wildman–Crippen LogP) is 2.67. The van der Waals surface area contributed by atoms with E-state index < -0.39 is 0 Å². The van der Waals surface area contributed by atoms with E-state index in [1.54, 1.807) is 0 Å². The van der Waals surface area contributed by atoms with Gasteiger partial charge >= 0.3 is 0 Å². The Morgan fingerprint density at radius 2 is 2.05 bits per heavy atom. The fraction of sp³-hybridized carbons (Fsp3) is 0.588. The number of aromatic amines is 1. The molecule has 22 heavy (non-hydrogen) atoms. The van der Waals surface area contributed by atoms with E-state index in [1.165, 1.54) is 22.5 Å². The van der Waals surface area contributed by atoms with Crippen molar-refractivity contribution in [2.24, 2.45) is 0 Å². The predicted molar refractivity (Wildman–Crippen MR) is 86.6 cm³/mol. The van der Waals surface area contributed by atoms with Gasteiger partial charge in [0, 0.05) is 60.2 Å². The first-order valence-corrected chi connectivity index (χ1v) is 7.92. The zero-order chi connectivity index (χ0) is 15.9. The summed E-state index contributed by atoms with van der Waals surface area (Å²) in [7, 11) is 0. The number of nitrogens with one attached hydrogen (secondary N) is 1. The van der Waals surface area contributed by atoms with Crippen molar-refractivity contribution in [1.29, 1.82) is 0 Å². The molecular weight excluding hydrogens is 274 g/mol. The van der Waals surface area contributed by atoms with Crippen molar-refractivity contribution in [1.82, 2.24) is 25.1 Å². The van der Waals surface area contributed by atoms with Crippen LogP contribution in [0.2, 0.25) is 0 Å². The van der Waals surface area contributed by atoms with Gasteiger partial charge in [0.25, 0.3) is 0 Å². The van der Waals surface area contributed by atoms with E-state index in [0.29, 0.717) is 0 Å². The van der Waals surface area contributed by atoms with Gasteiger partial charge in [-0.15, -0.1) is 0 Å². The summed E-state index contributed by atoms with van der Waals surface area (Å²) in [6, 6.07) is 0. The maximum atomic E-state index is 4.79. The molecule has 0 radical (unpaired) electrons. The molecule has 0 fully saturated rings. The van der Waals surface area contributed by atoms with Crippen molar-refractivity contribution in [3.63, 3.8) is 0 Å². The third-order valence-electron chi connectivity index (χ3n) is 4.35. The van der Waals surface area contributed by atoms with Gasteiger partial charge < -0.3 is 0 Å². The van der Waals surface area contributed by atoms with Crippen molar-refractivity contribution in [2.75, 3.05) is 6.54 Å². The Hall–Kier alpha value is -1.75. The minimum absolute atomic E-state index is 0.0111. The lowest BCUT2D eigenvalue weighted by molar-refractivity contribution is 0.241. The molecule has 2 aromatic heterocycles. The number of aromatic nitrogens is 4. The molecule has 0 amide bonds. The molecule has 0 bridgehead atoms. The van der Waals surface area contributed by atoms with Crippen LogP contribution in [0, 0.1) is 13.8 Å². The molecule has 5 nitrogen and oxygen atoms in total. The number of aryl methyl sites for hydroxylation is 2. The summed E-state index contributed by atoms with van der Waals surface area (Å²) in [4.78, 5) is 11.8. The van der Waals surface area contributed by atoms with E-state index in [2.05, 4.69) is 54.7 Å².